The lowest BCUT2D eigenvalue weighted by Gasteiger charge is -2.26. The highest BCUT2D eigenvalue weighted by Gasteiger charge is 2.16. The van der Waals surface area contributed by atoms with Crippen LogP contribution in [0.25, 0.3) is 0 Å². The third kappa shape index (κ3) is 5.25. The molecule has 4 heteroatoms. The summed E-state index contributed by atoms with van der Waals surface area (Å²) in [7, 11) is 4.11. The van der Waals surface area contributed by atoms with Crippen molar-refractivity contribution in [3.8, 4) is 0 Å². The molecule has 1 rings (SSSR count). The Morgan fingerprint density at radius 2 is 2.00 bits per heavy atom. The molecule has 1 N–H and O–H groups in total. The van der Waals surface area contributed by atoms with E-state index in [1.165, 1.54) is 0 Å². The first-order valence-electron chi connectivity index (χ1n) is 7.02. The standard InChI is InChI=1S/C16H25BrN2O/c1-11(2)8-13(19(4)5)10-18-16(20)14-9-12(3)6-7-15(14)17/h6-7,9,11,13H,8,10H2,1-5H3,(H,18,20). The number of amides is 1. The highest BCUT2D eigenvalue weighted by molar-refractivity contribution is 9.10. The Morgan fingerprint density at radius 1 is 1.35 bits per heavy atom. The van der Waals surface area contributed by atoms with Gasteiger partial charge in [0.05, 0.1) is 5.56 Å². The van der Waals surface area contributed by atoms with Gasteiger partial charge in [-0.1, -0.05) is 25.5 Å². The number of nitrogens with one attached hydrogen (secondary N) is 1. The number of carbonyl (C=O) groups is 1. The molecule has 1 amide bonds. The predicted octanol–water partition coefficient (Wildman–Crippen LogP) is 3.46. The molecule has 112 valence electrons. The molecule has 0 aliphatic carbocycles. The summed E-state index contributed by atoms with van der Waals surface area (Å²) in [5.41, 5.74) is 1.79. The summed E-state index contributed by atoms with van der Waals surface area (Å²) in [6.07, 6.45) is 1.07. The quantitative estimate of drug-likeness (QED) is 0.859. The van der Waals surface area contributed by atoms with E-state index in [0.717, 1.165) is 16.5 Å². The Hall–Kier alpha value is -0.870. The van der Waals surface area contributed by atoms with Crippen LogP contribution in [-0.2, 0) is 0 Å². The molecule has 20 heavy (non-hydrogen) atoms. The van der Waals surface area contributed by atoms with Crippen LogP contribution in [0, 0.1) is 12.8 Å². The zero-order valence-corrected chi connectivity index (χ0v) is 14.6. The summed E-state index contributed by atoms with van der Waals surface area (Å²) < 4.78 is 0.839. The smallest absolute Gasteiger partial charge is 0.252 e. The zero-order valence-electron chi connectivity index (χ0n) is 13.0. The molecule has 0 fully saturated rings. The zero-order chi connectivity index (χ0) is 15.3. The molecule has 0 saturated heterocycles. The van der Waals surface area contributed by atoms with Crippen molar-refractivity contribution >= 4 is 21.8 Å². The van der Waals surface area contributed by atoms with Gasteiger partial charge >= 0.3 is 0 Å². The van der Waals surface area contributed by atoms with Crippen LogP contribution in [0.4, 0.5) is 0 Å². The molecule has 0 heterocycles. The van der Waals surface area contributed by atoms with Gasteiger partial charge in [-0.3, -0.25) is 4.79 Å². The van der Waals surface area contributed by atoms with Crippen molar-refractivity contribution in [2.45, 2.75) is 33.2 Å². The molecule has 3 nitrogen and oxygen atoms in total. The average molecular weight is 341 g/mol. The van der Waals surface area contributed by atoms with Gasteiger partial charge in [-0.05, 0) is 61.4 Å². The van der Waals surface area contributed by atoms with Crippen molar-refractivity contribution in [3.05, 3.63) is 33.8 Å². The van der Waals surface area contributed by atoms with E-state index in [1.807, 2.05) is 25.1 Å². The van der Waals surface area contributed by atoms with Crippen molar-refractivity contribution in [1.82, 2.24) is 10.2 Å². The van der Waals surface area contributed by atoms with Gasteiger partial charge in [-0.2, -0.15) is 0 Å². The Morgan fingerprint density at radius 3 is 2.55 bits per heavy atom. The Balaban J connectivity index is 2.68. The first kappa shape index (κ1) is 17.2. The Labute approximate surface area is 130 Å². The minimum atomic E-state index is -0.0174. The average Bonchev–Trinajstić information content (AvgIpc) is 2.36. The summed E-state index contributed by atoms with van der Waals surface area (Å²) in [5, 5.41) is 3.04. The van der Waals surface area contributed by atoms with Gasteiger partial charge in [0.1, 0.15) is 0 Å². The number of benzene rings is 1. The molecule has 1 unspecified atom stereocenters. The summed E-state index contributed by atoms with van der Waals surface area (Å²) in [5.74, 6) is 0.598. The number of likely N-dealkylation sites (N-methyl/N-ethyl adjacent to an activating group) is 1. The number of carbonyl (C=O) groups excluding carboxylic acids is 1. The van der Waals surface area contributed by atoms with Gasteiger partial charge in [-0.25, -0.2) is 0 Å². The minimum absolute atomic E-state index is 0.0174. The van der Waals surface area contributed by atoms with E-state index in [-0.39, 0.29) is 5.91 Å². The van der Waals surface area contributed by atoms with Gasteiger partial charge in [0.25, 0.3) is 5.91 Å². The lowest BCUT2D eigenvalue weighted by molar-refractivity contribution is 0.0937. The van der Waals surface area contributed by atoms with E-state index in [1.54, 1.807) is 0 Å². The number of nitrogens with zero attached hydrogens (tertiary/aromatic N) is 1. The largest absolute Gasteiger partial charge is 0.350 e. The fraction of sp³-hybridized carbons (Fsp3) is 0.562. The molecule has 1 aromatic rings. The molecule has 1 atom stereocenters. The number of aryl methyl sites for hydroxylation is 1. The molecule has 0 saturated carbocycles. The topological polar surface area (TPSA) is 32.3 Å². The van der Waals surface area contributed by atoms with E-state index in [9.17, 15) is 4.79 Å². The minimum Gasteiger partial charge on any atom is -0.350 e. The maximum atomic E-state index is 12.3. The Bertz CT molecular complexity index is 458. The number of hydrogen-bond donors (Lipinski definition) is 1. The van der Waals surface area contributed by atoms with Gasteiger partial charge < -0.3 is 10.2 Å². The summed E-state index contributed by atoms with van der Waals surface area (Å²) in [4.78, 5) is 14.4. The molecule has 0 bridgehead atoms. The third-order valence-electron chi connectivity index (χ3n) is 3.34. The molecule has 0 aliphatic heterocycles. The van der Waals surface area contributed by atoms with Crippen LogP contribution >= 0.6 is 15.9 Å². The van der Waals surface area contributed by atoms with Crippen molar-refractivity contribution in [3.63, 3.8) is 0 Å². The van der Waals surface area contributed by atoms with Crippen molar-refractivity contribution in [2.75, 3.05) is 20.6 Å². The second kappa shape index (κ2) is 7.79. The van der Waals surface area contributed by atoms with Crippen molar-refractivity contribution in [2.24, 2.45) is 5.92 Å². The maximum absolute atomic E-state index is 12.3. The maximum Gasteiger partial charge on any atom is 0.252 e. The van der Waals surface area contributed by atoms with Crippen molar-refractivity contribution < 1.29 is 4.79 Å². The van der Waals surface area contributed by atoms with Gasteiger partial charge in [0.2, 0.25) is 0 Å². The highest BCUT2D eigenvalue weighted by atomic mass is 79.9. The van der Waals surface area contributed by atoms with E-state index in [2.05, 4.69) is 54.1 Å². The second-order valence-electron chi connectivity index (χ2n) is 5.94. The summed E-state index contributed by atoms with van der Waals surface area (Å²) >= 11 is 3.44. The van der Waals surface area contributed by atoms with Crippen LogP contribution in [0.1, 0.15) is 36.2 Å². The normalized spacial score (nSPS) is 12.8. The lowest BCUT2D eigenvalue weighted by atomic mass is 10.0. The highest BCUT2D eigenvalue weighted by Crippen LogP contribution is 2.18. The van der Waals surface area contributed by atoms with Gasteiger partial charge in [0.15, 0.2) is 0 Å². The van der Waals surface area contributed by atoms with E-state index in [4.69, 9.17) is 0 Å². The fourth-order valence-corrected chi connectivity index (χ4v) is 2.57. The van der Waals surface area contributed by atoms with E-state index in [0.29, 0.717) is 24.1 Å². The third-order valence-corrected chi connectivity index (χ3v) is 4.03. The van der Waals surface area contributed by atoms with Crippen molar-refractivity contribution in [1.29, 1.82) is 0 Å². The first-order chi connectivity index (χ1) is 9.31. The van der Waals surface area contributed by atoms with Gasteiger partial charge in [0, 0.05) is 17.1 Å². The summed E-state index contributed by atoms with van der Waals surface area (Å²) in [6.45, 7) is 7.07. The fourth-order valence-electron chi connectivity index (χ4n) is 2.14. The second-order valence-corrected chi connectivity index (χ2v) is 6.79. The van der Waals surface area contributed by atoms with Crippen LogP contribution in [0.2, 0.25) is 0 Å². The van der Waals surface area contributed by atoms with Crippen LogP contribution in [0.5, 0.6) is 0 Å². The lowest BCUT2D eigenvalue weighted by Crippen LogP contribution is -2.41. The molecular formula is C16H25BrN2O. The van der Waals surface area contributed by atoms with Crippen LogP contribution < -0.4 is 5.32 Å². The number of halogens is 1. The SMILES string of the molecule is Cc1ccc(Br)c(C(=O)NCC(CC(C)C)N(C)C)c1. The van der Waals surface area contributed by atoms with E-state index < -0.39 is 0 Å². The predicted molar refractivity (Wildman–Crippen MR) is 88.1 cm³/mol. The molecular weight excluding hydrogens is 316 g/mol. The Kier molecular flexibility index (Phi) is 6.69. The van der Waals surface area contributed by atoms with E-state index >= 15 is 0 Å². The molecule has 0 radical (unpaired) electrons. The van der Waals surface area contributed by atoms with Crippen LogP contribution in [0.15, 0.2) is 22.7 Å². The summed E-state index contributed by atoms with van der Waals surface area (Å²) in [6, 6.07) is 6.18. The number of rotatable bonds is 6. The monoisotopic (exact) mass is 340 g/mol. The molecule has 0 aromatic heterocycles. The molecule has 1 aromatic carbocycles. The van der Waals surface area contributed by atoms with Crippen LogP contribution in [-0.4, -0.2) is 37.5 Å². The number of hydrogen-bond acceptors (Lipinski definition) is 2. The van der Waals surface area contributed by atoms with Gasteiger partial charge in [-0.15, -0.1) is 0 Å². The first-order valence-corrected chi connectivity index (χ1v) is 7.81. The molecule has 0 spiro atoms. The molecule has 0 aliphatic rings. The van der Waals surface area contributed by atoms with Crippen LogP contribution in [0.3, 0.4) is 0 Å².